The number of hydrogen-bond donors (Lipinski definition) is 3. The van der Waals surface area contributed by atoms with Crippen LogP contribution in [0, 0.1) is 11.8 Å². The number of hydrogen-bond acceptors (Lipinski definition) is 5. The second kappa shape index (κ2) is 11.6. The number of nitrogens with one attached hydrogen (secondary N) is 1. The number of halogens is 2. The van der Waals surface area contributed by atoms with Crippen LogP contribution in [0.15, 0.2) is 28.9 Å². The first-order valence-corrected chi connectivity index (χ1v) is 14.8. The Morgan fingerprint density at radius 3 is 2.55 bits per heavy atom. The van der Waals surface area contributed by atoms with Gasteiger partial charge in [0.1, 0.15) is 11.4 Å². The maximum atomic E-state index is 13.1. The molecule has 2 aliphatic heterocycles. The zero-order chi connectivity index (χ0) is 27.0. The molecule has 1 unspecified atom stereocenters. The zero-order valence-electron chi connectivity index (χ0n) is 21.8. The predicted molar refractivity (Wildman–Crippen MR) is 152 cm³/mol. The summed E-state index contributed by atoms with van der Waals surface area (Å²) in [5.41, 5.74) is 8.11. The van der Waals surface area contributed by atoms with Crippen molar-refractivity contribution in [3.63, 3.8) is 0 Å². The number of phenolic OH excluding ortho intramolecular Hbond substituents is 1. The second-order valence-corrected chi connectivity index (χ2v) is 12.3. The van der Waals surface area contributed by atoms with E-state index in [9.17, 15) is 14.7 Å². The van der Waals surface area contributed by atoms with Gasteiger partial charge in [0.2, 0.25) is 5.91 Å². The number of carbonyl (C=O) groups excluding carboxylic acids is 2. The van der Waals surface area contributed by atoms with Gasteiger partial charge in [0, 0.05) is 50.7 Å². The summed E-state index contributed by atoms with van der Waals surface area (Å²) in [6.07, 6.45) is 6.17. The molecule has 3 aliphatic rings. The summed E-state index contributed by atoms with van der Waals surface area (Å²) < 4.78 is 2.92. The molecule has 0 bridgehead atoms. The molecular formula is C28H37BrClN5O3. The van der Waals surface area contributed by atoms with Crippen molar-refractivity contribution in [2.45, 2.75) is 50.6 Å². The zero-order valence-corrected chi connectivity index (χ0v) is 24.2. The standard InChI is InChI=1S/C28H37BrClN5O3/c1-33-9-11-34(12-10-33)26(19(15-25(31)37)17-5-3-2-4-6-17)23-16-32-28(38)22-14-20(27(29)35(22)23)18-7-8-24(36)21(30)13-18/h7-8,13-14,17,19,23,26,36H,2-6,9-12,15-16H2,1H3,(H2,31,37)(H,32,38)/t19-,23-,26?/m0/s1. The predicted octanol–water partition coefficient (Wildman–Crippen LogP) is 4.25. The first kappa shape index (κ1) is 27.5. The van der Waals surface area contributed by atoms with Crippen LogP contribution >= 0.6 is 27.5 Å². The minimum Gasteiger partial charge on any atom is -0.506 e. The van der Waals surface area contributed by atoms with Gasteiger partial charge in [-0.2, -0.15) is 0 Å². The van der Waals surface area contributed by atoms with E-state index in [4.69, 9.17) is 17.3 Å². The number of fused-ring (bicyclic) bond motifs is 1. The van der Waals surface area contributed by atoms with E-state index in [0.717, 1.165) is 54.8 Å². The Morgan fingerprint density at radius 1 is 1.18 bits per heavy atom. The lowest BCUT2D eigenvalue weighted by molar-refractivity contribution is -0.120. The number of primary amides is 1. The van der Waals surface area contributed by atoms with Gasteiger partial charge in [0.25, 0.3) is 5.91 Å². The van der Waals surface area contributed by atoms with Crippen LogP contribution in [0.2, 0.25) is 5.02 Å². The molecule has 1 aromatic carbocycles. The number of carbonyl (C=O) groups is 2. The van der Waals surface area contributed by atoms with Crippen molar-refractivity contribution in [1.29, 1.82) is 0 Å². The third-order valence-electron chi connectivity index (χ3n) is 8.75. The maximum absolute atomic E-state index is 13.1. The highest BCUT2D eigenvalue weighted by atomic mass is 79.9. The average molecular weight is 607 g/mol. The van der Waals surface area contributed by atoms with Crippen LogP contribution < -0.4 is 11.1 Å². The van der Waals surface area contributed by atoms with Gasteiger partial charge in [-0.25, -0.2) is 0 Å². The quantitative estimate of drug-likeness (QED) is 0.437. The number of piperazine rings is 1. The van der Waals surface area contributed by atoms with Crippen molar-refractivity contribution in [3.05, 3.63) is 39.6 Å². The number of benzene rings is 1. The molecule has 2 amide bonds. The lowest BCUT2D eigenvalue weighted by atomic mass is 9.72. The first-order chi connectivity index (χ1) is 18.2. The minimum absolute atomic E-state index is 0.0167. The summed E-state index contributed by atoms with van der Waals surface area (Å²) in [6, 6.07) is 6.94. The van der Waals surface area contributed by atoms with Gasteiger partial charge >= 0.3 is 0 Å². The van der Waals surface area contributed by atoms with E-state index in [1.807, 2.05) is 6.07 Å². The van der Waals surface area contributed by atoms with Crippen molar-refractivity contribution in [1.82, 2.24) is 19.7 Å². The first-order valence-electron chi connectivity index (χ1n) is 13.6. The van der Waals surface area contributed by atoms with Crippen LogP contribution in [0.3, 0.4) is 0 Å². The smallest absolute Gasteiger partial charge is 0.268 e. The van der Waals surface area contributed by atoms with Crippen LogP contribution in [-0.4, -0.2) is 77.1 Å². The van der Waals surface area contributed by atoms with Crippen molar-refractivity contribution in [2.75, 3.05) is 39.8 Å². The van der Waals surface area contributed by atoms with Crippen LogP contribution in [0.4, 0.5) is 0 Å². The Kier molecular flexibility index (Phi) is 8.38. The molecule has 1 aromatic heterocycles. The molecule has 2 fully saturated rings. The van der Waals surface area contributed by atoms with E-state index in [2.05, 4.69) is 42.7 Å². The molecule has 38 heavy (non-hydrogen) atoms. The van der Waals surface area contributed by atoms with Crippen molar-refractivity contribution < 1.29 is 14.7 Å². The van der Waals surface area contributed by atoms with E-state index in [1.165, 1.54) is 19.3 Å². The average Bonchev–Trinajstić information content (AvgIpc) is 3.26. The van der Waals surface area contributed by atoms with Gasteiger partial charge in [-0.3, -0.25) is 14.5 Å². The second-order valence-electron chi connectivity index (χ2n) is 11.1. The van der Waals surface area contributed by atoms with Gasteiger partial charge < -0.3 is 25.6 Å². The lowest BCUT2D eigenvalue weighted by Gasteiger charge is -2.49. The molecular weight excluding hydrogens is 570 g/mol. The third-order valence-corrected chi connectivity index (χ3v) is 9.87. The molecule has 10 heteroatoms. The minimum atomic E-state index is -0.259. The molecule has 2 aromatic rings. The highest BCUT2D eigenvalue weighted by Crippen LogP contribution is 2.44. The summed E-state index contributed by atoms with van der Waals surface area (Å²) in [5, 5.41) is 13.3. The Bertz CT molecular complexity index is 1190. The van der Waals surface area contributed by atoms with Gasteiger partial charge in [0.05, 0.1) is 15.7 Å². The molecule has 1 aliphatic carbocycles. The molecule has 1 saturated carbocycles. The van der Waals surface area contributed by atoms with Crippen LogP contribution in [-0.2, 0) is 4.79 Å². The summed E-state index contributed by atoms with van der Waals surface area (Å²) >= 11 is 10.1. The number of nitrogens with zero attached hydrogens (tertiary/aromatic N) is 3. The highest BCUT2D eigenvalue weighted by Gasteiger charge is 2.44. The topological polar surface area (TPSA) is 104 Å². The van der Waals surface area contributed by atoms with E-state index in [0.29, 0.717) is 24.6 Å². The normalized spacial score (nSPS) is 23.0. The van der Waals surface area contributed by atoms with Gasteiger partial charge in [-0.15, -0.1) is 0 Å². The van der Waals surface area contributed by atoms with E-state index in [1.54, 1.807) is 18.2 Å². The number of aromatic hydroxyl groups is 1. The van der Waals surface area contributed by atoms with Crippen LogP contribution in [0.1, 0.15) is 55.1 Å². The highest BCUT2D eigenvalue weighted by molar-refractivity contribution is 9.10. The Hall–Kier alpha value is -2.07. The SMILES string of the molecule is CN1CCN(C([C@@H](CC(N)=O)C2CCCCC2)[C@@H]2CNC(=O)c3cc(-c4ccc(O)c(Cl)c4)c(Br)n32)CC1. The van der Waals surface area contributed by atoms with Crippen LogP contribution in [0.5, 0.6) is 5.75 Å². The molecule has 0 spiro atoms. The van der Waals surface area contributed by atoms with E-state index >= 15 is 0 Å². The van der Waals surface area contributed by atoms with E-state index in [-0.39, 0.29) is 40.6 Å². The van der Waals surface area contributed by atoms with Gasteiger partial charge in [-0.1, -0.05) is 49.8 Å². The Balaban J connectivity index is 1.61. The fourth-order valence-corrected chi connectivity index (χ4v) is 7.79. The number of aromatic nitrogens is 1. The maximum Gasteiger partial charge on any atom is 0.268 e. The molecule has 3 heterocycles. The van der Waals surface area contributed by atoms with Crippen LogP contribution in [0.25, 0.3) is 11.1 Å². The molecule has 0 radical (unpaired) electrons. The number of likely N-dealkylation sites (N-methyl/N-ethyl adjacent to an activating group) is 1. The number of amides is 2. The summed E-state index contributed by atoms with van der Waals surface area (Å²) in [7, 11) is 2.14. The largest absolute Gasteiger partial charge is 0.506 e. The van der Waals surface area contributed by atoms with Gasteiger partial charge in [0.15, 0.2) is 0 Å². The number of phenols is 1. The number of nitrogens with two attached hydrogens (primary N) is 1. The van der Waals surface area contributed by atoms with Crippen molar-refractivity contribution in [3.8, 4) is 16.9 Å². The van der Waals surface area contributed by atoms with Gasteiger partial charge in [-0.05, 0) is 58.6 Å². The summed E-state index contributed by atoms with van der Waals surface area (Å²) in [5.74, 6) is 0.157. The fourth-order valence-electron chi connectivity index (χ4n) is 6.81. The molecule has 1 saturated heterocycles. The number of rotatable bonds is 7. The molecule has 3 atom stereocenters. The molecule has 5 rings (SSSR count). The summed E-state index contributed by atoms with van der Waals surface area (Å²) in [4.78, 5) is 30.5. The Morgan fingerprint density at radius 2 is 1.89 bits per heavy atom. The Labute approximate surface area is 237 Å². The fraction of sp³-hybridized carbons (Fsp3) is 0.571. The van der Waals surface area contributed by atoms with E-state index < -0.39 is 0 Å². The van der Waals surface area contributed by atoms with Crippen molar-refractivity contribution >= 4 is 39.3 Å². The van der Waals surface area contributed by atoms with Crippen molar-refractivity contribution in [2.24, 2.45) is 17.6 Å². The monoisotopic (exact) mass is 605 g/mol. The molecule has 8 nitrogen and oxygen atoms in total. The molecule has 4 N–H and O–H groups in total. The lowest BCUT2D eigenvalue weighted by Crippen LogP contribution is -2.58. The third kappa shape index (κ3) is 5.48. The summed E-state index contributed by atoms with van der Waals surface area (Å²) in [6.45, 7) is 4.21. The molecule has 206 valence electrons.